The average molecular weight is 436 g/mol. The molecule has 4 N–H and O–H groups in total. The zero-order chi connectivity index (χ0) is 22.8. The normalized spacial score (nSPS) is 18.4. The zero-order valence-electron chi connectivity index (χ0n) is 17.8. The Kier molecular flexibility index (Phi) is 5.76. The van der Waals surface area contributed by atoms with Crippen molar-refractivity contribution in [3.05, 3.63) is 47.8 Å². The van der Waals surface area contributed by atoms with Crippen LogP contribution >= 0.6 is 0 Å². The summed E-state index contributed by atoms with van der Waals surface area (Å²) in [6.45, 7) is 2.50. The molecule has 3 aromatic rings. The number of rotatable bonds is 4. The van der Waals surface area contributed by atoms with E-state index in [4.69, 9.17) is 10.5 Å². The molecule has 32 heavy (non-hydrogen) atoms. The van der Waals surface area contributed by atoms with E-state index in [0.717, 1.165) is 29.3 Å². The Hall–Kier alpha value is -3.95. The van der Waals surface area contributed by atoms with Crippen LogP contribution in [0.25, 0.3) is 10.9 Å². The lowest BCUT2D eigenvalue weighted by Gasteiger charge is -2.38. The fourth-order valence-electron chi connectivity index (χ4n) is 4.14. The quantitative estimate of drug-likeness (QED) is 0.534. The van der Waals surface area contributed by atoms with Crippen LogP contribution in [0.3, 0.4) is 0 Å². The molecule has 0 unspecified atom stereocenters. The maximum atomic E-state index is 13.2. The number of hydrogen-bond acceptors (Lipinski definition) is 6. The minimum Gasteiger partial charge on any atom is -0.480 e. The van der Waals surface area contributed by atoms with Crippen molar-refractivity contribution in [3.63, 3.8) is 0 Å². The summed E-state index contributed by atoms with van der Waals surface area (Å²) in [5.74, 6) is -2.14. The fraction of sp³-hybridized carbons (Fsp3) is 0.318. The Balaban J connectivity index is 1.61. The van der Waals surface area contributed by atoms with Gasteiger partial charge in [0.15, 0.2) is 0 Å². The van der Waals surface area contributed by atoms with E-state index in [9.17, 15) is 14.4 Å². The van der Waals surface area contributed by atoms with Gasteiger partial charge >= 0.3 is 11.8 Å². The van der Waals surface area contributed by atoms with Crippen molar-refractivity contribution >= 4 is 34.3 Å². The summed E-state index contributed by atoms with van der Waals surface area (Å²) < 4.78 is 5.06. The molecule has 0 spiro atoms. The number of aromatic nitrogens is 3. The molecule has 1 fully saturated rings. The van der Waals surface area contributed by atoms with Gasteiger partial charge in [-0.25, -0.2) is 4.98 Å². The number of nitrogens with zero attached hydrogens (tertiary/aromatic N) is 3. The third-order valence-corrected chi connectivity index (χ3v) is 5.73. The minimum atomic E-state index is -0.857. The third kappa shape index (κ3) is 3.98. The van der Waals surface area contributed by atoms with Crippen LogP contribution in [0.4, 0.5) is 5.69 Å². The highest BCUT2D eigenvalue weighted by atomic mass is 16.5. The number of anilines is 1. The Morgan fingerprint density at radius 3 is 2.81 bits per heavy atom. The number of carbonyl (C=O) groups excluding carboxylic acids is 3. The summed E-state index contributed by atoms with van der Waals surface area (Å²) in [5, 5.41) is 10.4. The molecule has 10 heteroatoms. The number of nitrogens with one attached hydrogen (secondary N) is 2. The van der Waals surface area contributed by atoms with Gasteiger partial charge in [0, 0.05) is 18.1 Å². The highest BCUT2D eigenvalue weighted by molar-refractivity contribution is 6.40. The van der Waals surface area contributed by atoms with E-state index >= 15 is 0 Å². The number of amides is 3. The molecular weight excluding hydrogens is 412 g/mol. The third-order valence-electron chi connectivity index (χ3n) is 5.73. The summed E-state index contributed by atoms with van der Waals surface area (Å²) in [7, 11) is 1.34. The largest absolute Gasteiger partial charge is 0.480 e. The van der Waals surface area contributed by atoms with Gasteiger partial charge < -0.3 is 20.7 Å². The number of likely N-dealkylation sites (tertiary alicyclic amines) is 1. The van der Waals surface area contributed by atoms with Crippen LogP contribution in [0.2, 0.25) is 0 Å². The monoisotopic (exact) mass is 436 g/mol. The number of methoxy groups -OCH3 is 1. The van der Waals surface area contributed by atoms with Gasteiger partial charge in [-0.1, -0.05) is 13.0 Å². The number of pyridine rings is 1. The van der Waals surface area contributed by atoms with Gasteiger partial charge in [0.2, 0.25) is 5.88 Å². The van der Waals surface area contributed by atoms with Gasteiger partial charge in [-0.2, -0.15) is 5.10 Å². The van der Waals surface area contributed by atoms with Gasteiger partial charge in [0.25, 0.3) is 5.91 Å². The van der Waals surface area contributed by atoms with E-state index in [2.05, 4.69) is 20.5 Å². The maximum Gasteiger partial charge on any atom is 0.313 e. The second-order valence-electron chi connectivity index (χ2n) is 7.93. The topological polar surface area (TPSA) is 143 Å². The summed E-state index contributed by atoms with van der Waals surface area (Å²) in [5.41, 5.74) is 7.25. The van der Waals surface area contributed by atoms with Gasteiger partial charge in [-0.3, -0.25) is 19.5 Å². The Labute approximate surface area is 184 Å². The number of nitrogens with two attached hydrogens (primary N) is 1. The molecule has 166 valence electrons. The van der Waals surface area contributed by atoms with Crippen molar-refractivity contribution in [2.75, 3.05) is 19.0 Å². The first-order valence-corrected chi connectivity index (χ1v) is 10.3. The summed E-state index contributed by atoms with van der Waals surface area (Å²) in [6, 6.07) is 7.00. The van der Waals surface area contributed by atoms with Crippen molar-refractivity contribution in [2.24, 2.45) is 11.7 Å². The number of fused-ring (bicyclic) bond motifs is 1. The van der Waals surface area contributed by atoms with E-state index in [0.29, 0.717) is 6.54 Å². The van der Waals surface area contributed by atoms with Crippen LogP contribution in [0.5, 0.6) is 5.88 Å². The molecule has 3 heterocycles. The molecule has 0 radical (unpaired) electrons. The van der Waals surface area contributed by atoms with Crippen LogP contribution in [-0.4, -0.2) is 51.5 Å². The lowest BCUT2D eigenvalue weighted by Crippen LogP contribution is -2.46. The minimum absolute atomic E-state index is 0.0272. The first-order chi connectivity index (χ1) is 15.4. The van der Waals surface area contributed by atoms with Crippen molar-refractivity contribution in [1.29, 1.82) is 0 Å². The molecule has 2 atom stereocenters. The zero-order valence-corrected chi connectivity index (χ0v) is 17.8. The summed E-state index contributed by atoms with van der Waals surface area (Å²) >= 11 is 0. The lowest BCUT2D eigenvalue weighted by molar-refractivity contribution is -0.146. The molecule has 4 rings (SSSR count). The van der Waals surface area contributed by atoms with Crippen molar-refractivity contribution in [2.45, 2.75) is 25.8 Å². The molecule has 0 saturated carbocycles. The number of primary amides is 1. The highest BCUT2D eigenvalue weighted by Crippen LogP contribution is 2.34. The number of hydrogen-bond donors (Lipinski definition) is 3. The van der Waals surface area contributed by atoms with Crippen LogP contribution in [0.15, 0.2) is 36.7 Å². The second kappa shape index (κ2) is 8.66. The molecule has 10 nitrogen and oxygen atoms in total. The number of benzene rings is 1. The first kappa shape index (κ1) is 21.3. The lowest BCUT2D eigenvalue weighted by atomic mass is 9.89. The van der Waals surface area contributed by atoms with Crippen molar-refractivity contribution in [3.8, 4) is 5.88 Å². The molecule has 2 aromatic heterocycles. The predicted molar refractivity (Wildman–Crippen MR) is 117 cm³/mol. The van der Waals surface area contributed by atoms with E-state index in [-0.39, 0.29) is 29.1 Å². The fourth-order valence-corrected chi connectivity index (χ4v) is 4.14. The standard InChI is InChI=1S/C22H24N6O4/c1-12-3-6-17(13-4-5-15-14(9-13)10-25-27-15)28(11-12)22(31)20(30)26-16-7-8-24-21(32-2)18(16)19(23)29/h4-5,7-10,12,17H,3,6,11H2,1-2H3,(H2,23,29)(H,25,27)(H,24,26,30)/t12-,17+/m0/s1. The maximum absolute atomic E-state index is 13.2. The molecule has 1 aliphatic heterocycles. The van der Waals surface area contributed by atoms with Crippen LogP contribution in [-0.2, 0) is 9.59 Å². The summed E-state index contributed by atoms with van der Waals surface area (Å²) in [4.78, 5) is 43.5. The second-order valence-corrected chi connectivity index (χ2v) is 7.93. The molecule has 3 amide bonds. The highest BCUT2D eigenvalue weighted by Gasteiger charge is 2.35. The molecule has 0 bridgehead atoms. The molecule has 0 aliphatic carbocycles. The van der Waals surface area contributed by atoms with E-state index in [1.807, 2.05) is 25.1 Å². The van der Waals surface area contributed by atoms with E-state index in [1.165, 1.54) is 19.4 Å². The van der Waals surface area contributed by atoms with E-state index < -0.39 is 17.7 Å². The predicted octanol–water partition coefficient (Wildman–Crippen LogP) is 2.00. The van der Waals surface area contributed by atoms with Crippen molar-refractivity contribution in [1.82, 2.24) is 20.1 Å². The van der Waals surface area contributed by atoms with Gasteiger partial charge in [-0.05, 0) is 42.5 Å². The number of aromatic amines is 1. The summed E-state index contributed by atoms with van der Waals surface area (Å²) in [6.07, 6.45) is 4.76. The van der Waals surface area contributed by atoms with Crippen molar-refractivity contribution < 1.29 is 19.1 Å². The van der Waals surface area contributed by atoms with E-state index in [1.54, 1.807) is 11.1 Å². The Bertz CT molecular complexity index is 1190. The Morgan fingerprint density at radius 1 is 1.25 bits per heavy atom. The van der Waals surface area contributed by atoms with Gasteiger partial charge in [-0.15, -0.1) is 0 Å². The molecular formula is C22H24N6O4. The van der Waals surface area contributed by atoms with Gasteiger partial charge in [0.05, 0.1) is 30.6 Å². The number of carbonyl (C=O) groups is 3. The van der Waals surface area contributed by atoms with Gasteiger partial charge in [0.1, 0.15) is 5.56 Å². The average Bonchev–Trinajstić information content (AvgIpc) is 3.26. The Morgan fingerprint density at radius 2 is 2.06 bits per heavy atom. The van der Waals surface area contributed by atoms with Crippen LogP contribution < -0.4 is 15.8 Å². The molecule has 1 aromatic carbocycles. The van der Waals surface area contributed by atoms with Crippen LogP contribution in [0.1, 0.15) is 41.7 Å². The van der Waals surface area contributed by atoms with Crippen LogP contribution in [0, 0.1) is 5.92 Å². The number of ether oxygens (including phenoxy) is 1. The number of H-pyrrole nitrogens is 1. The first-order valence-electron chi connectivity index (χ1n) is 10.3. The molecule has 1 saturated heterocycles. The molecule has 1 aliphatic rings. The number of piperidine rings is 1. The SMILES string of the molecule is COc1nccc(NC(=O)C(=O)N2C[C@@H](C)CC[C@@H]2c2ccc3[nH]ncc3c2)c1C(N)=O. The smallest absolute Gasteiger partial charge is 0.313 e.